The van der Waals surface area contributed by atoms with Gasteiger partial charge in [-0.15, -0.1) is 0 Å². The largest absolute Gasteiger partial charge is 0.394 e. The lowest BCUT2D eigenvalue weighted by Crippen LogP contribution is -2.69. The highest BCUT2D eigenvalue weighted by molar-refractivity contribution is 5.04. The Balaban J connectivity index is 1.17. The number of aliphatic hydroxyl groups excluding tert-OH is 20. The van der Waals surface area contributed by atoms with Crippen molar-refractivity contribution >= 4 is 0 Å². The second-order valence-corrected chi connectivity index (χ2v) is 30.9. The van der Waals surface area contributed by atoms with Crippen LogP contribution in [0.3, 0.4) is 0 Å². The first-order chi connectivity index (χ1) is 55.3. The molecule has 21 heterocycles. The van der Waals surface area contributed by atoms with Crippen LogP contribution in [-0.2, 0) is 118 Å². The van der Waals surface area contributed by atoms with Crippen LogP contribution in [-0.4, -0.2) is 491 Å². The minimum atomic E-state index is -2.09. The lowest BCUT2D eigenvalue weighted by molar-refractivity contribution is -0.403. The first-order valence-corrected chi connectivity index (χ1v) is 39.4. The molecule has 21 fully saturated rings. The van der Waals surface area contributed by atoms with Crippen molar-refractivity contribution in [2.24, 2.45) is 0 Å². The third kappa shape index (κ3) is 25.3. The van der Waals surface area contributed by atoms with Crippen molar-refractivity contribution in [2.45, 2.75) is 338 Å². The zero-order valence-corrected chi connectivity index (χ0v) is 66.2. The van der Waals surface area contributed by atoms with Crippen LogP contribution in [0.25, 0.3) is 0 Å². The molecule has 0 spiro atoms. The van der Waals surface area contributed by atoms with Crippen LogP contribution >= 0.6 is 0 Å². The van der Waals surface area contributed by atoms with Gasteiger partial charge in [0.2, 0.25) is 0 Å². The van der Waals surface area contributed by atoms with E-state index in [0.29, 0.717) is 0 Å². The van der Waals surface area contributed by atoms with Crippen LogP contribution in [0, 0.1) is 0 Å². The Morgan fingerprint density at radius 3 is 0.733 bits per heavy atom. The summed E-state index contributed by atoms with van der Waals surface area (Å²) >= 11 is 0. The molecule has 0 amide bonds. The Morgan fingerprint density at radius 1 is 0.250 bits per heavy atom. The van der Waals surface area contributed by atoms with Gasteiger partial charge < -0.3 is 221 Å². The predicted octanol–water partition coefficient (Wildman–Crippen LogP) is -11.2. The van der Waals surface area contributed by atoms with Crippen LogP contribution in [0.5, 0.6) is 0 Å². The summed E-state index contributed by atoms with van der Waals surface area (Å²) in [6, 6.07) is 0. The molecule has 680 valence electrons. The Bertz CT molecular complexity index is 2750. The van der Waals surface area contributed by atoms with Crippen molar-refractivity contribution in [3.05, 3.63) is 0 Å². The molecule has 21 rings (SSSR count). The second kappa shape index (κ2) is 46.4. The Labute approximate surface area is 669 Å². The van der Waals surface area contributed by atoms with E-state index in [1.165, 1.54) is 48.5 Å². The lowest BCUT2D eigenvalue weighted by Gasteiger charge is -2.51. The quantitative estimate of drug-likeness (QED) is 0.0404. The molecule has 0 saturated carbocycles. The molecule has 45 unspecified atom stereocenters. The molecular weight excluding hydrogens is 1570 g/mol. The molecule has 0 aliphatic carbocycles. The SMILES string of the molecule is CC(O)COC(C)COC1C2OC(CO)C(OC3OC(CO)C(OC4OC(CO)C(OC5OC(CO)C(OC6OC(CO)C7OC8OC(CO)C(OC9OC(CO)C(O2)C(O)C9OCC(C)O)C(O)C8OCC(C)OCC(C)OC(O)COC(C)COC6C7O)C(O)C5OCC(C)O)C(O)C4OCC(C)O)C(O)C3OCC(C)O)C1O. The van der Waals surface area contributed by atoms with Crippen molar-refractivity contribution < 1.29 is 221 Å². The van der Waals surface area contributed by atoms with E-state index in [0.717, 1.165) is 0 Å². The summed E-state index contributed by atoms with van der Waals surface area (Å²) in [6.45, 7) is 1.04. The van der Waals surface area contributed by atoms with Gasteiger partial charge >= 0.3 is 0 Å². The number of ether oxygens (including phenoxy) is 25. The molecule has 45 atom stereocenters. The van der Waals surface area contributed by atoms with Gasteiger partial charge in [-0.1, -0.05) is 0 Å². The molecule has 0 aromatic heterocycles. The van der Waals surface area contributed by atoms with Crippen LogP contribution in [0.2, 0.25) is 0 Å². The van der Waals surface area contributed by atoms with E-state index >= 15 is 0 Å². The third-order valence-electron chi connectivity index (χ3n) is 20.5. The minimum absolute atomic E-state index is 0.158. The van der Waals surface area contributed by atoms with Crippen molar-refractivity contribution in [1.82, 2.24) is 0 Å². The lowest BCUT2D eigenvalue weighted by atomic mass is 9.94. The molecule has 116 heavy (non-hydrogen) atoms. The van der Waals surface area contributed by atoms with Gasteiger partial charge in [0.15, 0.2) is 50.3 Å². The van der Waals surface area contributed by atoms with Gasteiger partial charge in [-0.25, -0.2) is 0 Å². The van der Waals surface area contributed by atoms with Gasteiger partial charge in [-0.3, -0.25) is 0 Å². The number of hydrogen-bond acceptors (Lipinski definition) is 45. The molecule has 0 aromatic carbocycles. The first kappa shape index (κ1) is 98.0. The standard InChI is InChI=1S/C71H126O45/c1-27(79)17-92-32(6)22-99-62-48(89)55-40(14-76)107-69(62)114-53-39(13-75)106-68(61(47(53)88)98-21-31(5)83)113-56-41(15-77)108-70-63(49(56)90)100-23-33(7)93-25-35(9)102-43(84)26-94-34(8)24-101-64-50(91)57(116-70)42(16-78)109-71(64)115-54-38(12-74)105-66(60(46(54)87)97-20-30(4)82)111-51-36(10-72)103-65(58(44(51)85)95-18-28(2)80)110-52-37(11-73)104-67(112-55)59(45(52)86)96-19-29(3)81/h27-91H,10-26H2,1-9H3. The smallest absolute Gasteiger partial charge is 0.187 e. The molecule has 0 aromatic rings. The summed E-state index contributed by atoms with van der Waals surface area (Å²) in [6.07, 6.45) is -78.0. The fourth-order valence-electron chi connectivity index (χ4n) is 14.6. The Kier molecular flexibility index (Phi) is 39.2. The molecule has 16 bridgehead atoms. The normalized spacial score (nSPS) is 46.6. The summed E-state index contributed by atoms with van der Waals surface area (Å²) < 4.78 is 156. The van der Waals surface area contributed by atoms with E-state index in [1.54, 1.807) is 13.8 Å². The topological polar surface area (TPSA) is 635 Å². The number of rotatable bonds is 25. The van der Waals surface area contributed by atoms with Crippen molar-refractivity contribution in [3.63, 3.8) is 0 Å². The molecule has 45 nitrogen and oxygen atoms in total. The monoisotopic (exact) mass is 1700 g/mol. The van der Waals surface area contributed by atoms with Crippen molar-refractivity contribution in [1.29, 1.82) is 0 Å². The molecule has 21 saturated heterocycles. The predicted molar refractivity (Wildman–Crippen MR) is 376 cm³/mol. The first-order valence-electron chi connectivity index (χ1n) is 39.4. The molecule has 21 aliphatic rings. The van der Waals surface area contributed by atoms with E-state index in [2.05, 4.69) is 0 Å². The number of aliphatic hydroxyl groups is 20. The summed E-state index contributed by atoms with van der Waals surface area (Å²) in [7, 11) is 0. The maximum Gasteiger partial charge on any atom is 0.187 e. The molecule has 21 aliphatic heterocycles. The van der Waals surface area contributed by atoms with Crippen molar-refractivity contribution in [2.75, 3.05) is 112 Å². The van der Waals surface area contributed by atoms with E-state index in [4.69, 9.17) is 118 Å². The maximum absolute atomic E-state index is 12.8. The third-order valence-corrected chi connectivity index (χ3v) is 20.5. The van der Waals surface area contributed by atoms with E-state index in [9.17, 15) is 102 Å². The van der Waals surface area contributed by atoms with Crippen LogP contribution in [0.4, 0.5) is 0 Å². The average molecular weight is 1700 g/mol. The summed E-state index contributed by atoms with van der Waals surface area (Å²) in [5.74, 6) is 0. The average Bonchev–Trinajstić information content (AvgIpc) is 0.847. The van der Waals surface area contributed by atoms with E-state index in [1.807, 2.05) is 0 Å². The highest BCUT2D eigenvalue weighted by Crippen LogP contribution is 2.42. The summed E-state index contributed by atoms with van der Waals surface area (Å²) in [5, 5.41) is 232. The van der Waals surface area contributed by atoms with Crippen molar-refractivity contribution in [3.8, 4) is 0 Å². The summed E-state index contributed by atoms with van der Waals surface area (Å²) in [5.41, 5.74) is 0. The fraction of sp³-hybridized carbons (Fsp3) is 1.00. The molecule has 45 heteroatoms. The van der Waals surface area contributed by atoms with Gasteiger partial charge in [-0.2, -0.15) is 0 Å². The zero-order valence-electron chi connectivity index (χ0n) is 66.2. The Hall–Kier alpha value is -1.80. The molecule has 0 radical (unpaired) electrons. The highest BCUT2D eigenvalue weighted by atomic mass is 16.8. The second-order valence-electron chi connectivity index (χ2n) is 30.9. The number of hydrogen-bond donors (Lipinski definition) is 20. The van der Waals surface area contributed by atoms with Gasteiger partial charge in [0.1, 0.15) is 171 Å². The minimum Gasteiger partial charge on any atom is -0.394 e. The van der Waals surface area contributed by atoms with Crippen LogP contribution in [0.15, 0.2) is 0 Å². The van der Waals surface area contributed by atoms with E-state index in [-0.39, 0.29) is 13.2 Å². The zero-order chi connectivity index (χ0) is 84.7. The van der Waals surface area contributed by atoms with E-state index < -0.39 is 375 Å². The van der Waals surface area contributed by atoms with Crippen LogP contribution < -0.4 is 0 Å². The van der Waals surface area contributed by atoms with Gasteiger partial charge in [0.05, 0.1) is 167 Å². The highest BCUT2D eigenvalue weighted by Gasteiger charge is 2.62. The molecular formula is C71H126O45. The Morgan fingerprint density at radius 2 is 0.474 bits per heavy atom. The fourth-order valence-corrected chi connectivity index (χ4v) is 14.6. The summed E-state index contributed by atoms with van der Waals surface area (Å²) in [4.78, 5) is 0. The maximum atomic E-state index is 12.8. The molecule has 20 N–H and O–H groups in total. The van der Waals surface area contributed by atoms with Crippen LogP contribution in [0.1, 0.15) is 62.3 Å². The van der Waals surface area contributed by atoms with Gasteiger partial charge in [0.25, 0.3) is 0 Å². The van der Waals surface area contributed by atoms with Gasteiger partial charge in [0, 0.05) is 0 Å². The van der Waals surface area contributed by atoms with Gasteiger partial charge in [-0.05, 0) is 62.3 Å².